The van der Waals surface area contributed by atoms with Crippen molar-refractivity contribution in [1.82, 2.24) is 9.97 Å². The molecule has 0 saturated heterocycles. The molecule has 0 aliphatic heterocycles. The van der Waals surface area contributed by atoms with Crippen LogP contribution >= 0.6 is 0 Å². The van der Waals surface area contributed by atoms with Crippen molar-refractivity contribution in [1.29, 1.82) is 5.26 Å². The Kier molecular flexibility index (Phi) is 3.10. The van der Waals surface area contributed by atoms with Gasteiger partial charge in [-0.3, -0.25) is 0 Å². The summed E-state index contributed by atoms with van der Waals surface area (Å²) in [6.45, 7) is 0. The molecular weight excluding hydrogens is 262 g/mol. The van der Waals surface area contributed by atoms with Gasteiger partial charge in [-0.1, -0.05) is 6.07 Å². The molecule has 20 heavy (non-hydrogen) atoms. The van der Waals surface area contributed by atoms with Gasteiger partial charge in [-0.25, -0.2) is 9.78 Å². The van der Waals surface area contributed by atoms with Crippen LogP contribution in [0.5, 0.6) is 5.75 Å². The Bertz CT molecular complexity index is 751. The van der Waals surface area contributed by atoms with Gasteiger partial charge >= 0.3 is 5.97 Å². The van der Waals surface area contributed by atoms with Gasteiger partial charge in [-0.2, -0.15) is 10.2 Å². The summed E-state index contributed by atoms with van der Waals surface area (Å²) >= 11 is 0. The summed E-state index contributed by atoms with van der Waals surface area (Å²) in [5.74, 6) is -1.93. The number of benzene rings is 1. The fourth-order valence-electron chi connectivity index (χ4n) is 1.67. The lowest BCUT2D eigenvalue weighted by molar-refractivity contribution is 0.0694. The summed E-state index contributed by atoms with van der Waals surface area (Å²) in [5.41, 5.74) is 11.2. The number of carbonyl (C=O) groups is 1. The molecule has 1 aromatic heterocycles. The largest absolute Gasteiger partial charge is 0.507 e. The fourth-order valence-corrected chi connectivity index (χ4v) is 1.67. The molecule has 2 rings (SSSR count). The van der Waals surface area contributed by atoms with Crippen LogP contribution in [0.3, 0.4) is 0 Å². The third-order valence-electron chi connectivity index (χ3n) is 2.57. The number of aromatic nitrogens is 2. The SMILES string of the molecule is N#Cc1c(N)nc(N)nc1-c1ccc(C(=O)O)c(O)c1. The maximum atomic E-state index is 10.8. The van der Waals surface area contributed by atoms with Gasteiger partial charge in [0, 0.05) is 5.56 Å². The van der Waals surface area contributed by atoms with E-state index in [0.29, 0.717) is 5.56 Å². The highest BCUT2D eigenvalue weighted by atomic mass is 16.4. The Balaban J connectivity index is 2.67. The maximum absolute atomic E-state index is 10.8. The number of aromatic carboxylic acids is 1. The van der Waals surface area contributed by atoms with Crippen LogP contribution < -0.4 is 11.5 Å². The van der Waals surface area contributed by atoms with E-state index in [1.165, 1.54) is 18.2 Å². The number of nitrogen functional groups attached to an aromatic ring is 2. The topological polar surface area (TPSA) is 159 Å². The molecule has 100 valence electrons. The van der Waals surface area contributed by atoms with Crippen molar-refractivity contribution in [2.24, 2.45) is 0 Å². The highest BCUT2D eigenvalue weighted by Crippen LogP contribution is 2.29. The summed E-state index contributed by atoms with van der Waals surface area (Å²) in [4.78, 5) is 18.4. The normalized spacial score (nSPS) is 9.95. The summed E-state index contributed by atoms with van der Waals surface area (Å²) in [6, 6.07) is 5.61. The number of nitriles is 1. The van der Waals surface area contributed by atoms with E-state index >= 15 is 0 Å². The Hall–Kier alpha value is -3.34. The minimum atomic E-state index is -1.27. The van der Waals surface area contributed by atoms with Crippen LogP contribution in [0.15, 0.2) is 18.2 Å². The number of phenols is 1. The van der Waals surface area contributed by atoms with E-state index in [2.05, 4.69) is 9.97 Å². The standard InChI is InChI=1S/C12H9N5O3/c13-4-7-9(16-12(15)17-10(7)14)5-1-2-6(11(19)20)8(18)3-5/h1-3,18H,(H,19,20)(H4,14,15,16,17). The van der Waals surface area contributed by atoms with Crippen molar-refractivity contribution < 1.29 is 15.0 Å². The first-order chi connectivity index (χ1) is 9.43. The zero-order chi connectivity index (χ0) is 14.9. The second-order valence-electron chi connectivity index (χ2n) is 3.84. The molecule has 0 unspecified atom stereocenters. The minimum absolute atomic E-state index is 0.00155. The third-order valence-corrected chi connectivity index (χ3v) is 2.57. The van der Waals surface area contributed by atoms with Crippen LogP contribution in [0.2, 0.25) is 0 Å². The molecule has 6 N–H and O–H groups in total. The second-order valence-corrected chi connectivity index (χ2v) is 3.84. The zero-order valence-corrected chi connectivity index (χ0v) is 10.0. The Morgan fingerprint density at radius 1 is 1.30 bits per heavy atom. The molecule has 0 aliphatic rings. The predicted molar refractivity (Wildman–Crippen MR) is 69.6 cm³/mol. The first-order valence-corrected chi connectivity index (χ1v) is 5.33. The van der Waals surface area contributed by atoms with Crippen LogP contribution in [-0.4, -0.2) is 26.2 Å². The third kappa shape index (κ3) is 2.15. The van der Waals surface area contributed by atoms with Crippen molar-refractivity contribution in [2.75, 3.05) is 11.5 Å². The number of hydrogen-bond acceptors (Lipinski definition) is 7. The molecule has 0 radical (unpaired) electrons. The molecule has 1 heterocycles. The molecule has 2 aromatic rings. The van der Waals surface area contributed by atoms with E-state index in [9.17, 15) is 9.90 Å². The Morgan fingerprint density at radius 3 is 2.55 bits per heavy atom. The van der Waals surface area contributed by atoms with Gasteiger partial charge in [0.25, 0.3) is 0 Å². The van der Waals surface area contributed by atoms with Crippen molar-refractivity contribution in [3.05, 3.63) is 29.3 Å². The van der Waals surface area contributed by atoms with E-state index < -0.39 is 11.7 Å². The lowest BCUT2D eigenvalue weighted by atomic mass is 10.0. The number of aromatic hydroxyl groups is 1. The molecular formula is C12H9N5O3. The molecule has 8 heteroatoms. The lowest BCUT2D eigenvalue weighted by Gasteiger charge is -2.08. The monoisotopic (exact) mass is 271 g/mol. The minimum Gasteiger partial charge on any atom is -0.507 e. The molecule has 0 amide bonds. The van der Waals surface area contributed by atoms with Crippen LogP contribution in [-0.2, 0) is 0 Å². The first kappa shape index (κ1) is 13.1. The number of anilines is 2. The van der Waals surface area contributed by atoms with E-state index in [1.54, 1.807) is 0 Å². The van der Waals surface area contributed by atoms with Gasteiger partial charge in [0.2, 0.25) is 5.95 Å². The van der Waals surface area contributed by atoms with Gasteiger partial charge in [-0.15, -0.1) is 0 Å². The highest BCUT2D eigenvalue weighted by molar-refractivity contribution is 5.92. The second kappa shape index (κ2) is 4.74. The maximum Gasteiger partial charge on any atom is 0.339 e. The number of nitrogens with two attached hydrogens (primary N) is 2. The molecule has 8 nitrogen and oxygen atoms in total. The smallest absolute Gasteiger partial charge is 0.339 e. The molecule has 0 saturated carbocycles. The van der Waals surface area contributed by atoms with Crippen molar-refractivity contribution in [2.45, 2.75) is 0 Å². The molecule has 0 bridgehead atoms. The van der Waals surface area contributed by atoms with Gasteiger partial charge in [-0.05, 0) is 12.1 Å². The predicted octanol–water partition coefficient (Wildman–Crippen LogP) is 0.583. The van der Waals surface area contributed by atoms with E-state index in [1.807, 2.05) is 6.07 Å². The van der Waals surface area contributed by atoms with Gasteiger partial charge < -0.3 is 21.7 Å². The van der Waals surface area contributed by atoms with Crippen LogP contribution in [0.25, 0.3) is 11.3 Å². The lowest BCUT2D eigenvalue weighted by Crippen LogP contribution is -2.05. The van der Waals surface area contributed by atoms with Crippen molar-refractivity contribution in [3.8, 4) is 23.1 Å². The molecule has 0 atom stereocenters. The summed E-state index contributed by atoms with van der Waals surface area (Å²) < 4.78 is 0. The van der Waals surface area contributed by atoms with Crippen LogP contribution in [0.4, 0.5) is 11.8 Å². The summed E-state index contributed by atoms with van der Waals surface area (Å²) in [5, 5.41) is 27.5. The van der Waals surface area contributed by atoms with E-state index in [-0.39, 0.29) is 28.6 Å². The van der Waals surface area contributed by atoms with Gasteiger partial charge in [0.1, 0.15) is 28.8 Å². The van der Waals surface area contributed by atoms with Gasteiger partial charge in [0.15, 0.2) is 0 Å². The highest BCUT2D eigenvalue weighted by Gasteiger charge is 2.16. The summed E-state index contributed by atoms with van der Waals surface area (Å²) in [6.07, 6.45) is 0. The molecule has 0 spiro atoms. The number of nitrogens with zero attached hydrogens (tertiary/aromatic N) is 3. The number of carboxylic acid groups (broad SMARTS) is 1. The molecule has 1 aromatic carbocycles. The average Bonchev–Trinajstić information content (AvgIpc) is 2.37. The van der Waals surface area contributed by atoms with E-state index in [4.69, 9.17) is 21.8 Å². The van der Waals surface area contributed by atoms with Gasteiger partial charge in [0.05, 0.1) is 5.69 Å². The van der Waals surface area contributed by atoms with Crippen molar-refractivity contribution in [3.63, 3.8) is 0 Å². The number of carboxylic acids is 1. The Labute approximate surface area is 112 Å². The fraction of sp³-hybridized carbons (Fsp3) is 0. The molecule has 0 aliphatic carbocycles. The molecule has 0 fully saturated rings. The van der Waals surface area contributed by atoms with Crippen LogP contribution in [0, 0.1) is 11.3 Å². The average molecular weight is 271 g/mol. The number of hydrogen-bond donors (Lipinski definition) is 4. The zero-order valence-electron chi connectivity index (χ0n) is 10.0. The quantitative estimate of drug-likeness (QED) is 0.617. The summed E-state index contributed by atoms with van der Waals surface area (Å²) in [7, 11) is 0. The Morgan fingerprint density at radius 2 is 2.00 bits per heavy atom. The van der Waals surface area contributed by atoms with E-state index in [0.717, 1.165) is 0 Å². The number of rotatable bonds is 2. The van der Waals surface area contributed by atoms with Crippen molar-refractivity contribution >= 4 is 17.7 Å². The van der Waals surface area contributed by atoms with Crippen LogP contribution in [0.1, 0.15) is 15.9 Å². The first-order valence-electron chi connectivity index (χ1n) is 5.33.